The van der Waals surface area contributed by atoms with Gasteiger partial charge in [0.1, 0.15) is 23.7 Å². The Kier molecular flexibility index (Phi) is 6.43. The van der Waals surface area contributed by atoms with Crippen LogP contribution in [-0.4, -0.2) is 16.9 Å². The summed E-state index contributed by atoms with van der Waals surface area (Å²) in [6.45, 7) is 0.415. The molecular weight excluding hydrogens is 495 g/mol. The van der Waals surface area contributed by atoms with Crippen molar-refractivity contribution in [3.63, 3.8) is 0 Å². The van der Waals surface area contributed by atoms with Gasteiger partial charge in [-0.2, -0.15) is 0 Å². The highest BCUT2D eigenvalue weighted by atomic mass is 79.9. The van der Waals surface area contributed by atoms with E-state index in [0.717, 1.165) is 14.9 Å². The number of carbonyl (C=O) groups excluding carboxylic acids is 2. The second-order valence-electron chi connectivity index (χ2n) is 6.92. The van der Waals surface area contributed by atoms with Crippen molar-refractivity contribution >= 4 is 56.8 Å². The van der Waals surface area contributed by atoms with Gasteiger partial charge in [0.15, 0.2) is 5.11 Å². The number of nitrogens with zero attached hydrogens (tertiary/aromatic N) is 1. The Labute approximate surface area is 197 Å². The van der Waals surface area contributed by atoms with Crippen LogP contribution in [0.2, 0.25) is 0 Å². The third-order valence-corrected chi connectivity index (χ3v) is 5.51. The maximum absolute atomic E-state index is 13.2. The standard InChI is InChI=1S/C24H16BrFN2O3S/c25-17-5-1-16(2-6-17)14-31-20-11-3-15(4-12-20)13-21-22(29)27-24(32)28(23(21)30)19-9-7-18(26)8-10-19/h1-13H,14H2,(H,27,29,32)/b21-13-. The number of thiocarbonyl (C=S) groups is 1. The van der Waals surface area contributed by atoms with Gasteiger partial charge in [-0.25, -0.2) is 4.39 Å². The lowest BCUT2D eigenvalue weighted by atomic mass is 10.1. The molecule has 5 nitrogen and oxygen atoms in total. The number of amides is 2. The maximum Gasteiger partial charge on any atom is 0.270 e. The van der Waals surface area contributed by atoms with Crippen LogP contribution in [0.15, 0.2) is 82.8 Å². The van der Waals surface area contributed by atoms with E-state index in [2.05, 4.69) is 21.2 Å². The molecule has 8 heteroatoms. The number of ether oxygens (including phenoxy) is 1. The van der Waals surface area contributed by atoms with E-state index in [0.29, 0.717) is 23.6 Å². The van der Waals surface area contributed by atoms with Crippen LogP contribution in [0, 0.1) is 5.82 Å². The van der Waals surface area contributed by atoms with Crippen molar-refractivity contribution in [2.75, 3.05) is 4.90 Å². The fourth-order valence-corrected chi connectivity index (χ4v) is 3.60. The molecule has 0 aliphatic carbocycles. The Balaban J connectivity index is 1.50. The SMILES string of the molecule is O=C1NC(=S)N(c2ccc(F)cc2)C(=O)/C1=C\c1ccc(OCc2ccc(Br)cc2)cc1. The van der Waals surface area contributed by atoms with E-state index < -0.39 is 17.6 Å². The van der Waals surface area contributed by atoms with E-state index in [1.807, 2.05) is 24.3 Å². The van der Waals surface area contributed by atoms with E-state index in [4.69, 9.17) is 17.0 Å². The second kappa shape index (κ2) is 9.42. The van der Waals surface area contributed by atoms with Gasteiger partial charge in [0.2, 0.25) is 0 Å². The average molecular weight is 511 g/mol. The van der Waals surface area contributed by atoms with Gasteiger partial charge in [-0.3, -0.25) is 19.8 Å². The van der Waals surface area contributed by atoms with Gasteiger partial charge >= 0.3 is 0 Å². The summed E-state index contributed by atoms with van der Waals surface area (Å²) in [4.78, 5) is 26.5. The number of rotatable bonds is 5. The predicted octanol–water partition coefficient (Wildman–Crippen LogP) is 5.00. The summed E-state index contributed by atoms with van der Waals surface area (Å²) in [5, 5.41) is 2.45. The highest BCUT2D eigenvalue weighted by Gasteiger charge is 2.34. The smallest absolute Gasteiger partial charge is 0.270 e. The number of anilines is 1. The zero-order valence-electron chi connectivity index (χ0n) is 16.5. The first kappa shape index (κ1) is 21.9. The molecule has 1 N–H and O–H groups in total. The normalized spacial score (nSPS) is 15.1. The van der Waals surface area contributed by atoms with Gasteiger partial charge in [0.25, 0.3) is 11.8 Å². The monoisotopic (exact) mass is 510 g/mol. The van der Waals surface area contributed by atoms with Crippen molar-refractivity contribution in [2.45, 2.75) is 6.61 Å². The quantitative estimate of drug-likeness (QED) is 0.298. The lowest BCUT2D eigenvalue weighted by Gasteiger charge is -2.28. The molecule has 1 saturated heterocycles. The lowest BCUT2D eigenvalue weighted by molar-refractivity contribution is -0.122. The first-order valence-corrected chi connectivity index (χ1v) is 10.8. The first-order valence-electron chi connectivity index (χ1n) is 9.55. The fraction of sp³-hybridized carbons (Fsp3) is 0.0417. The van der Waals surface area contributed by atoms with Gasteiger partial charge in [0, 0.05) is 4.47 Å². The van der Waals surface area contributed by atoms with Crippen molar-refractivity contribution < 1.29 is 18.7 Å². The van der Waals surface area contributed by atoms with Crippen LogP contribution in [0.3, 0.4) is 0 Å². The van der Waals surface area contributed by atoms with Crippen LogP contribution in [0.1, 0.15) is 11.1 Å². The largest absolute Gasteiger partial charge is 0.489 e. The second-order valence-corrected chi connectivity index (χ2v) is 8.22. The third-order valence-electron chi connectivity index (χ3n) is 4.70. The molecule has 32 heavy (non-hydrogen) atoms. The average Bonchev–Trinajstić information content (AvgIpc) is 2.78. The van der Waals surface area contributed by atoms with Crippen molar-refractivity contribution in [3.05, 3.63) is 99.8 Å². The molecule has 3 aromatic rings. The van der Waals surface area contributed by atoms with E-state index in [9.17, 15) is 14.0 Å². The molecule has 0 saturated carbocycles. The molecule has 160 valence electrons. The summed E-state index contributed by atoms with van der Waals surface area (Å²) in [6, 6.07) is 20.1. The van der Waals surface area contributed by atoms with Crippen molar-refractivity contribution in [1.29, 1.82) is 0 Å². The molecule has 0 unspecified atom stereocenters. The molecule has 2 amide bonds. The summed E-state index contributed by atoms with van der Waals surface area (Å²) in [7, 11) is 0. The molecule has 0 aromatic heterocycles. The fourth-order valence-electron chi connectivity index (χ4n) is 3.06. The van der Waals surface area contributed by atoms with E-state index in [1.165, 1.54) is 30.3 Å². The van der Waals surface area contributed by atoms with E-state index in [-0.39, 0.29) is 10.7 Å². The van der Waals surface area contributed by atoms with E-state index in [1.54, 1.807) is 24.3 Å². The number of carbonyl (C=O) groups is 2. The Morgan fingerprint density at radius 2 is 1.62 bits per heavy atom. The van der Waals surface area contributed by atoms with Gasteiger partial charge < -0.3 is 4.74 Å². The number of hydrogen-bond donors (Lipinski definition) is 1. The first-order chi connectivity index (χ1) is 15.4. The van der Waals surface area contributed by atoms with Crippen LogP contribution in [0.4, 0.5) is 10.1 Å². The Bertz CT molecular complexity index is 1210. The Hall–Kier alpha value is -3.36. The summed E-state index contributed by atoms with van der Waals surface area (Å²) in [5.74, 6) is -0.954. The zero-order chi connectivity index (χ0) is 22.7. The van der Waals surface area contributed by atoms with Crippen molar-refractivity contribution in [1.82, 2.24) is 5.32 Å². The number of nitrogens with one attached hydrogen (secondary N) is 1. The highest BCUT2D eigenvalue weighted by Crippen LogP contribution is 2.23. The summed E-state index contributed by atoms with van der Waals surface area (Å²) in [5.41, 5.74) is 1.96. The molecule has 0 atom stereocenters. The van der Waals surface area contributed by atoms with Crippen molar-refractivity contribution in [3.8, 4) is 5.75 Å². The molecule has 1 aliphatic heterocycles. The van der Waals surface area contributed by atoms with Crippen LogP contribution >= 0.6 is 28.1 Å². The molecular formula is C24H16BrFN2O3S. The molecule has 3 aromatic carbocycles. The molecule has 0 spiro atoms. The van der Waals surface area contributed by atoms with Gasteiger partial charge in [-0.05, 0) is 78.0 Å². The maximum atomic E-state index is 13.2. The van der Waals surface area contributed by atoms with Gasteiger partial charge in [-0.1, -0.05) is 40.2 Å². The minimum absolute atomic E-state index is 0.0551. The molecule has 0 radical (unpaired) electrons. The Morgan fingerprint density at radius 3 is 2.28 bits per heavy atom. The Morgan fingerprint density at radius 1 is 0.969 bits per heavy atom. The minimum Gasteiger partial charge on any atom is -0.489 e. The number of benzene rings is 3. The summed E-state index contributed by atoms with van der Waals surface area (Å²) < 4.78 is 20.0. The summed E-state index contributed by atoms with van der Waals surface area (Å²) >= 11 is 8.54. The molecule has 0 bridgehead atoms. The van der Waals surface area contributed by atoms with E-state index >= 15 is 0 Å². The third kappa shape index (κ3) is 4.92. The molecule has 1 heterocycles. The number of hydrogen-bond acceptors (Lipinski definition) is 4. The minimum atomic E-state index is -0.589. The zero-order valence-corrected chi connectivity index (χ0v) is 19.0. The van der Waals surface area contributed by atoms with Crippen LogP contribution in [0.25, 0.3) is 6.08 Å². The van der Waals surface area contributed by atoms with Crippen molar-refractivity contribution in [2.24, 2.45) is 0 Å². The van der Waals surface area contributed by atoms with Gasteiger partial charge in [-0.15, -0.1) is 0 Å². The van der Waals surface area contributed by atoms with Gasteiger partial charge in [0.05, 0.1) is 5.69 Å². The molecule has 1 fully saturated rings. The topological polar surface area (TPSA) is 58.6 Å². The van der Waals surface area contributed by atoms with Crippen LogP contribution in [-0.2, 0) is 16.2 Å². The molecule has 4 rings (SSSR count). The lowest BCUT2D eigenvalue weighted by Crippen LogP contribution is -2.54. The predicted molar refractivity (Wildman–Crippen MR) is 128 cm³/mol. The summed E-state index contributed by atoms with van der Waals surface area (Å²) in [6.07, 6.45) is 1.48. The van der Waals surface area contributed by atoms with Crippen LogP contribution < -0.4 is 15.0 Å². The van der Waals surface area contributed by atoms with Crippen LogP contribution in [0.5, 0.6) is 5.75 Å². The molecule has 1 aliphatic rings. The highest BCUT2D eigenvalue weighted by molar-refractivity contribution is 9.10. The number of halogens is 2.